The lowest BCUT2D eigenvalue weighted by molar-refractivity contribution is 0.590. The molecule has 0 bridgehead atoms. The zero-order chi connectivity index (χ0) is 47.5. The lowest BCUT2D eigenvalue weighted by Crippen LogP contribution is -2.63. The molecule has 0 atom stereocenters. The topological polar surface area (TPSA) is 27.8 Å². The summed E-state index contributed by atoms with van der Waals surface area (Å²) in [5.74, 6) is 0. The van der Waals surface area contributed by atoms with Crippen LogP contribution in [0.1, 0.15) is 76.8 Å². The van der Waals surface area contributed by atoms with Crippen LogP contribution in [0.25, 0.3) is 27.6 Å². The molecule has 4 heterocycles. The summed E-state index contributed by atoms with van der Waals surface area (Å²) in [6.45, 7) is 13.6. The molecular formula is C64H57BN4O. The van der Waals surface area contributed by atoms with Crippen LogP contribution >= 0.6 is 0 Å². The first-order valence-corrected chi connectivity index (χ1v) is 25.2. The maximum Gasteiger partial charge on any atom is 0.273 e. The van der Waals surface area contributed by atoms with Crippen molar-refractivity contribution in [3.05, 3.63) is 210 Å². The molecule has 0 amide bonds. The molecule has 70 heavy (non-hydrogen) atoms. The van der Waals surface area contributed by atoms with Gasteiger partial charge in [-0.15, -0.1) is 0 Å². The zero-order valence-electron chi connectivity index (χ0n) is 41.0. The second-order valence-electron chi connectivity index (χ2n) is 21.6. The van der Waals surface area contributed by atoms with Crippen LogP contribution in [0.4, 0.5) is 51.2 Å². The lowest BCUT2D eigenvalue weighted by atomic mass is 9.35. The van der Waals surface area contributed by atoms with Crippen LogP contribution in [0, 0.1) is 0 Å². The number of fused-ring (bicyclic) bond motifs is 9. The number of para-hydroxylation sites is 4. The Morgan fingerprint density at radius 2 is 1.04 bits per heavy atom. The average Bonchev–Trinajstić information content (AvgIpc) is 3.93. The third kappa shape index (κ3) is 6.60. The smallest absolute Gasteiger partial charge is 0.273 e. The fourth-order valence-corrected chi connectivity index (χ4v) is 11.9. The van der Waals surface area contributed by atoms with Gasteiger partial charge in [-0.3, -0.25) is 0 Å². The van der Waals surface area contributed by atoms with Gasteiger partial charge < -0.3 is 23.7 Å². The van der Waals surface area contributed by atoms with Crippen molar-refractivity contribution in [2.45, 2.75) is 78.1 Å². The molecule has 0 fully saturated rings. The SMILES string of the molecule is CC(C)(C)c1ccc(N(c2ccc(C(C)(C)C)cc2)c2ccc3c(c2)N(c2cccc4c2oc2ccccc24)c2cccc4c2B3c2c(c3c(n2-c2ccccc2)CCCC3)N4c2ccccc2)cc1. The predicted octanol–water partition coefficient (Wildman–Crippen LogP) is 15.4. The molecule has 1 aliphatic carbocycles. The van der Waals surface area contributed by atoms with Crippen molar-refractivity contribution in [2.75, 3.05) is 14.7 Å². The molecule has 3 aliphatic rings. The van der Waals surface area contributed by atoms with E-state index in [-0.39, 0.29) is 17.5 Å². The van der Waals surface area contributed by atoms with E-state index in [0.717, 1.165) is 68.9 Å². The highest BCUT2D eigenvalue weighted by molar-refractivity contribution is 7.00. The Bertz CT molecular complexity index is 3570. The van der Waals surface area contributed by atoms with E-state index in [0.29, 0.717) is 0 Å². The number of hydrogen-bond donors (Lipinski definition) is 0. The van der Waals surface area contributed by atoms with Gasteiger partial charge in [0.05, 0.1) is 11.4 Å². The van der Waals surface area contributed by atoms with Crippen LogP contribution in [-0.4, -0.2) is 11.3 Å². The lowest BCUT2D eigenvalue weighted by Gasteiger charge is -2.44. The molecule has 8 aromatic carbocycles. The van der Waals surface area contributed by atoms with E-state index in [1.54, 1.807) is 0 Å². The number of aromatic nitrogens is 1. The maximum absolute atomic E-state index is 6.97. The molecule has 0 saturated carbocycles. The first-order valence-electron chi connectivity index (χ1n) is 25.2. The Labute approximate surface area is 412 Å². The fourth-order valence-electron chi connectivity index (χ4n) is 11.9. The summed E-state index contributed by atoms with van der Waals surface area (Å²) in [7, 11) is 0. The quantitative estimate of drug-likeness (QED) is 0.155. The molecule has 6 heteroatoms. The number of nitrogens with zero attached hydrogens (tertiary/aromatic N) is 4. The minimum Gasteiger partial charge on any atom is -0.454 e. The summed E-state index contributed by atoms with van der Waals surface area (Å²) in [5.41, 5.74) is 22.8. The van der Waals surface area contributed by atoms with Gasteiger partial charge in [0.25, 0.3) is 6.71 Å². The molecule has 0 unspecified atom stereocenters. The largest absolute Gasteiger partial charge is 0.454 e. The molecule has 2 aliphatic heterocycles. The minimum absolute atomic E-state index is 0.0273. The first kappa shape index (κ1) is 42.4. The molecule has 0 saturated heterocycles. The summed E-state index contributed by atoms with van der Waals surface area (Å²) in [5, 5.41) is 2.23. The number of hydrogen-bond acceptors (Lipinski definition) is 4. The van der Waals surface area contributed by atoms with E-state index in [9.17, 15) is 0 Å². The van der Waals surface area contributed by atoms with Crippen molar-refractivity contribution in [1.82, 2.24) is 4.57 Å². The number of benzene rings is 8. The van der Waals surface area contributed by atoms with Crippen molar-refractivity contribution in [2.24, 2.45) is 0 Å². The van der Waals surface area contributed by atoms with Crippen LogP contribution < -0.4 is 31.2 Å². The van der Waals surface area contributed by atoms with Crippen molar-refractivity contribution < 1.29 is 4.42 Å². The maximum atomic E-state index is 6.97. The highest BCUT2D eigenvalue weighted by Crippen LogP contribution is 2.50. The molecule has 0 spiro atoms. The molecular weight excluding hydrogens is 852 g/mol. The monoisotopic (exact) mass is 908 g/mol. The van der Waals surface area contributed by atoms with Crippen LogP contribution in [-0.2, 0) is 23.7 Å². The number of furan rings is 1. The van der Waals surface area contributed by atoms with Crippen molar-refractivity contribution in [1.29, 1.82) is 0 Å². The van der Waals surface area contributed by atoms with Gasteiger partial charge in [0.2, 0.25) is 0 Å². The minimum atomic E-state index is -0.0762. The number of anilines is 9. The summed E-state index contributed by atoms with van der Waals surface area (Å²) in [6, 6.07) is 70.0. The number of rotatable bonds is 6. The Hall–Kier alpha value is -7.70. The Morgan fingerprint density at radius 1 is 0.486 bits per heavy atom. The van der Waals surface area contributed by atoms with E-state index >= 15 is 0 Å². The molecule has 342 valence electrons. The first-order chi connectivity index (χ1) is 34.0. The molecule has 10 aromatic rings. The van der Waals surface area contributed by atoms with Gasteiger partial charge in [-0.2, -0.15) is 0 Å². The van der Waals surface area contributed by atoms with E-state index < -0.39 is 0 Å². The zero-order valence-corrected chi connectivity index (χ0v) is 41.0. The van der Waals surface area contributed by atoms with Crippen LogP contribution in [0.15, 0.2) is 192 Å². The van der Waals surface area contributed by atoms with Gasteiger partial charge in [0.15, 0.2) is 5.58 Å². The van der Waals surface area contributed by atoms with E-state index in [1.807, 2.05) is 0 Å². The normalized spacial score (nSPS) is 14.1. The summed E-state index contributed by atoms with van der Waals surface area (Å²) < 4.78 is 9.63. The standard InChI is InChI=1S/C64H57BN4O/c1-63(2,3)42-31-35-46(36-32-42)66(47-37-33-43(34-38-47)64(4,5)6)48-39-40-52-57(41-48)69(56-29-17-25-50-49-23-14-16-30-58(49)70-61(50)56)55-28-18-27-54-59(55)65(52)62-60(67(54)44-19-9-7-10-20-44)51-24-13-15-26-53(51)68(62)45-21-11-8-12-22-45/h7-12,14,16-23,25,27-41H,13,15,24,26H2,1-6H3. The summed E-state index contributed by atoms with van der Waals surface area (Å²) >= 11 is 0. The van der Waals surface area contributed by atoms with Gasteiger partial charge in [-0.1, -0.05) is 145 Å². The van der Waals surface area contributed by atoms with Gasteiger partial charge >= 0.3 is 0 Å². The van der Waals surface area contributed by atoms with Gasteiger partial charge in [-0.25, -0.2) is 0 Å². The van der Waals surface area contributed by atoms with E-state index in [4.69, 9.17) is 4.42 Å². The third-order valence-corrected chi connectivity index (χ3v) is 15.3. The Kier molecular flexibility index (Phi) is 9.65. The van der Waals surface area contributed by atoms with E-state index in [2.05, 4.69) is 249 Å². The summed E-state index contributed by atoms with van der Waals surface area (Å²) in [4.78, 5) is 7.56. The van der Waals surface area contributed by atoms with Crippen LogP contribution in [0.2, 0.25) is 0 Å². The molecule has 13 rings (SSSR count). The van der Waals surface area contributed by atoms with Crippen molar-refractivity contribution in [3.63, 3.8) is 0 Å². The second kappa shape index (κ2) is 15.9. The fraction of sp³-hybridized carbons (Fsp3) is 0.188. The third-order valence-electron chi connectivity index (χ3n) is 15.3. The molecule has 0 radical (unpaired) electrons. The van der Waals surface area contributed by atoms with Gasteiger partial charge in [0.1, 0.15) is 5.58 Å². The molecule has 2 aromatic heterocycles. The average molecular weight is 909 g/mol. The second-order valence-corrected chi connectivity index (χ2v) is 21.6. The predicted molar refractivity (Wildman–Crippen MR) is 296 cm³/mol. The Balaban J connectivity index is 1.12. The van der Waals surface area contributed by atoms with Crippen LogP contribution in [0.5, 0.6) is 0 Å². The summed E-state index contributed by atoms with van der Waals surface area (Å²) in [6.07, 6.45) is 4.44. The Morgan fingerprint density at radius 3 is 1.71 bits per heavy atom. The van der Waals surface area contributed by atoms with Gasteiger partial charge in [0, 0.05) is 67.6 Å². The highest BCUT2D eigenvalue weighted by Gasteiger charge is 2.48. The van der Waals surface area contributed by atoms with E-state index in [1.165, 1.54) is 74.5 Å². The van der Waals surface area contributed by atoms with Crippen molar-refractivity contribution in [3.8, 4) is 5.69 Å². The van der Waals surface area contributed by atoms with Crippen molar-refractivity contribution >= 4 is 96.4 Å². The molecule has 5 nitrogen and oxygen atoms in total. The highest BCUT2D eigenvalue weighted by atomic mass is 16.3. The van der Waals surface area contributed by atoms with Crippen LogP contribution in [0.3, 0.4) is 0 Å². The van der Waals surface area contributed by atoms with Gasteiger partial charge in [-0.05, 0) is 149 Å². The molecule has 0 N–H and O–H groups in total.